The second-order valence-electron chi connectivity index (χ2n) is 7.07. The SMILES string of the molecule is COc1cc(/C=C/C(=O)NC[C@@](O)(c2ccccc2)C2CC2)cc(OC)c1OC. The minimum atomic E-state index is -1.04. The van der Waals surface area contributed by atoms with E-state index in [4.69, 9.17) is 14.2 Å². The Balaban J connectivity index is 1.70. The number of ether oxygens (including phenoxy) is 3. The number of benzene rings is 2. The van der Waals surface area contributed by atoms with Crippen LogP contribution in [0.25, 0.3) is 6.08 Å². The van der Waals surface area contributed by atoms with Gasteiger partial charge < -0.3 is 24.6 Å². The number of hydrogen-bond donors (Lipinski definition) is 2. The molecule has 0 aliphatic heterocycles. The van der Waals surface area contributed by atoms with Gasteiger partial charge in [-0.2, -0.15) is 0 Å². The molecule has 1 amide bonds. The normalized spacial score (nSPS) is 15.6. The predicted octanol–water partition coefficient (Wildman–Crippen LogP) is 3.14. The molecule has 0 saturated heterocycles. The Morgan fingerprint density at radius 1 is 1.10 bits per heavy atom. The van der Waals surface area contributed by atoms with E-state index < -0.39 is 5.60 Å². The number of amides is 1. The van der Waals surface area contributed by atoms with E-state index in [-0.39, 0.29) is 18.4 Å². The van der Waals surface area contributed by atoms with E-state index >= 15 is 0 Å². The van der Waals surface area contributed by atoms with Gasteiger partial charge in [0.1, 0.15) is 5.60 Å². The molecule has 1 atom stereocenters. The maximum Gasteiger partial charge on any atom is 0.244 e. The van der Waals surface area contributed by atoms with Crippen molar-refractivity contribution in [1.82, 2.24) is 5.32 Å². The van der Waals surface area contributed by atoms with E-state index in [1.807, 2.05) is 30.3 Å². The highest BCUT2D eigenvalue weighted by Crippen LogP contribution is 2.45. The molecule has 1 saturated carbocycles. The average molecular weight is 397 g/mol. The first-order chi connectivity index (χ1) is 14.0. The molecule has 1 fully saturated rings. The van der Waals surface area contributed by atoms with Gasteiger partial charge in [0, 0.05) is 6.08 Å². The maximum atomic E-state index is 12.4. The molecule has 2 aromatic carbocycles. The summed E-state index contributed by atoms with van der Waals surface area (Å²) < 4.78 is 16.0. The average Bonchev–Trinajstić information content (AvgIpc) is 3.61. The van der Waals surface area contributed by atoms with Crippen molar-refractivity contribution >= 4 is 12.0 Å². The molecule has 1 aliphatic rings. The van der Waals surface area contributed by atoms with Gasteiger partial charge in [0.2, 0.25) is 11.7 Å². The summed E-state index contributed by atoms with van der Waals surface area (Å²) in [6.45, 7) is 0.167. The summed E-state index contributed by atoms with van der Waals surface area (Å²) in [4.78, 5) is 12.4. The molecule has 2 aromatic rings. The van der Waals surface area contributed by atoms with Crippen molar-refractivity contribution in [3.8, 4) is 17.2 Å². The molecule has 3 rings (SSSR count). The van der Waals surface area contributed by atoms with Gasteiger partial charge in [-0.05, 0) is 48.1 Å². The number of aliphatic hydroxyl groups is 1. The Kier molecular flexibility index (Phi) is 6.44. The monoisotopic (exact) mass is 397 g/mol. The number of nitrogens with one attached hydrogen (secondary N) is 1. The van der Waals surface area contributed by atoms with Crippen molar-refractivity contribution in [2.24, 2.45) is 5.92 Å². The Labute approximate surface area is 171 Å². The fraction of sp³-hybridized carbons (Fsp3) is 0.348. The van der Waals surface area contributed by atoms with Crippen LogP contribution in [0.2, 0.25) is 0 Å². The van der Waals surface area contributed by atoms with Crippen LogP contribution in [0.4, 0.5) is 0 Å². The molecule has 1 aliphatic carbocycles. The van der Waals surface area contributed by atoms with Gasteiger partial charge in [0.15, 0.2) is 11.5 Å². The summed E-state index contributed by atoms with van der Waals surface area (Å²) in [5.41, 5.74) is 0.517. The summed E-state index contributed by atoms with van der Waals surface area (Å²) in [5.74, 6) is 1.41. The molecule has 0 bridgehead atoms. The van der Waals surface area contributed by atoms with Crippen LogP contribution in [0.1, 0.15) is 24.0 Å². The summed E-state index contributed by atoms with van der Waals surface area (Å²) in [5, 5.41) is 14.0. The van der Waals surface area contributed by atoms with Crippen LogP contribution in [-0.2, 0) is 10.4 Å². The Morgan fingerprint density at radius 2 is 1.72 bits per heavy atom. The molecule has 6 heteroatoms. The molecule has 0 heterocycles. The van der Waals surface area contributed by atoms with Crippen LogP contribution >= 0.6 is 0 Å². The number of methoxy groups -OCH3 is 3. The fourth-order valence-corrected chi connectivity index (χ4v) is 3.42. The number of carbonyl (C=O) groups excluding carboxylic acids is 1. The second kappa shape index (κ2) is 9.01. The van der Waals surface area contributed by atoms with Crippen LogP contribution in [-0.4, -0.2) is 38.9 Å². The third-order valence-corrected chi connectivity index (χ3v) is 5.17. The number of rotatable bonds is 9. The molecular weight excluding hydrogens is 370 g/mol. The molecule has 29 heavy (non-hydrogen) atoms. The van der Waals surface area contributed by atoms with E-state index in [0.717, 1.165) is 24.0 Å². The Bertz CT molecular complexity index is 851. The van der Waals surface area contributed by atoms with Crippen LogP contribution in [0.15, 0.2) is 48.5 Å². The quantitative estimate of drug-likeness (QED) is 0.636. The molecule has 0 aromatic heterocycles. The van der Waals surface area contributed by atoms with Gasteiger partial charge in [0.05, 0.1) is 27.9 Å². The van der Waals surface area contributed by atoms with Crippen molar-refractivity contribution < 1.29 is 24.1 Å². The van der Waals surface area contributed by atoms with E-state index in [2.05, 4.69) is 5.32 Å². The van der Waals surface area contributed by atoms with Crippen LogP contribution < -0.4 is 19.5 Å². The summed E-state index contributed by atoms with van der Waals surface area (Å²) in [6.07, 6.45) is 5.02. The molecular formula is C23H27NO5. The van der Waals surface area contributed by atoms with Gasteiger partial charge >= 0.3 is 0 Å². The highest BCUT2D eigenvalue weighted by molar-refractivity contribution is 5.92. The summed E-state index contributed by atoms with van der Waals surface area (Å²) in [7, 11) is 4.62. The molecule has 6 nitrogen and oxygen atoms in total. The first kappa shape index (κ1) is 20.7. The van der Waals surface area contributed by atoms with E-state index in [1.165, 1.54) is 13.2 Å². The van der Waals surface area contributed by atoms with Gasteiger partial charge in [-0.3, -0.25) is 4.79 Å². The standard InChI is InChI=1S/C23H27NO5/c1-27-19-13-16(14-20(28-2)22(19)29-3)9-12-21(25)24-15-23(26,18-10-11-18)17-7-5-4-6-8-17/h4-9,12-14,18,26H,10-11,15H2,1-3H3,(H,24,25)/b12-9+/t23-/m1/s1. The third kappa shape index (κ3) is 4.71. The Hall–Kier alpha value is -2.99. The van der Waals surface area contributed by atoms with E-state index in [9.17, 15) is 9.90 Å². The van der Waals surface area contributed by atoms with Crippen molar-refractivity contribution in [1.29, 1.82) is 0 Å². The lowest BCUT2D eigenvalue weighted by Crippen LogP contribution is -2.42. The highest BCUT2D eigenvalue weighted by Gasteiger charge is 2.45. The van der Waals surface area contributed by atoms with Crippen molar-refractivity contribution in [3.63, 3.8) is 0 Å². The van der Waals surface area contributed by atoms with E-state index in [1.54, 1.807) is 32.4 Å². The molecule has 154 valence electrons. The van der Waals surface area contributed by atoms with Crippen molar-refractivity contribution in [3.05, 3.63) is 59.7 Å². The van der Waals surface area contributed by atoms with Crippen LogP contribution in [0, 0.1) is 5.92 Å². The Morgan fingerprint density at radius 3 is 2.24 bits per heavy atom. The first-order valence-electron chi connectivity index (χ1n) is 9.55. The smallest absolute Gasteiger partial charge is 0.244 e. The zero-order valence-corrected chi connectivity index (χ0v) is 17.0. The van der Waals surface area contributed by atoms with Crippen LogP contribution in [0.3, 0.4) is 0 Å². The third-order valence-electron chi connectivity index (χ3n) is 5.17. The first-order valence-corrected chi connectivity index (χ1v) is 9.55. The summed E-state index contributed by atoms with van der Waals surface area (Å²) >= 11 is 0. The lowest BCUT2D eigenvalue weighted by Gasteiger charge is -2.29. The number of carbonyl (C=O) groups is 1. The highest BCUT2D eigenvalue weighted by atomic mass is 16.5. The lowest BCUT2D eigenvalue weighted by molar-refractivity contribution is -0.118. The fourth-order valence-electron chi connectivity index (χ4n) is 3.42. The van der Waals surface area contributed by atoms with Gasteiger partial charge in [-0.25, -0.2) is 0 Å². The van der Waals surface area contributed by atoms with Crippen molar-refractivity contribution in [2.45, 2.75) is 18.4 Å². The topological polar surface area (TPSA) is 77.0 Å². The van der Waals surface area contributed by atoms with Crippen LogP contribution in [0.5, 0.6) is 17.2 Å². The molecule has 0 radical (unpaired) electrons. The number of hydrogen-bond acceptors (Lipinski definition) is 5. The molecule has 2 N–H and O–H groups in total. The van der Waals surface area contributed by atoms with Gasteiger partial charge in [-0.1, -0.05) is 30.3 Å². The minimum Gasteiger partial charge on any atom is -0.493 e. The summed E-state index contributed by atoms with van der Waals surface area (Å²) in [6, 6.07) is 13.0. The van der Waals surface area contributed by atoms with Crippen molar-refractivity contribution in [2.75, 3.05) is 27.9 Å². The minimum absolute atomic E-state index is 0.167. The molecule has 0 spiro atoms. The van der Waals surface area contributed by atoms with Gasteiger partial charge in [-0.15, -0.1) is 0 Å². The largest absolute Gasteiger partial charge is 0.493 e. The lowest BCUT2D eigenvalue weighted by atomic mass is 9.88. The maximum absolute atomic E-state index is 12.4. The zero-order chi connectivity index (χ0) is 20.9. The second-order valence-corrected chi connectivity index (χ2v) is 7.07. The van der Waals surface area contributed by atoms with Gasteiger partial charge in [0.25, 0.3) is 0 Å². The molecule has 0 unspecified atom stereocenters. The zero-order valence-electron chi connectivity index (χ0n) is 17.0. The van der Waals surface area contributed by atoms with E-state index in [0.29, 0.717) is 17.2 Å². The predicted molar refractivity (Wildman–Crippen MR) is 111 cm³/mol.